The van der Waals surface area contributed by atoms with Gasteiger partial charge >= 0.3 is 0 Å². The summed E-state index contributed by atoms with van der Waals surface area (Å²) in [6, 6.07) is 8.49. The monoisotopic (exact) mass is 221 g/mol. The first-order chi connectivity index (χ1) is 7.31. The second kappa shape index (κ2) is 3.50. The number of benzene rings is 1. The van der Waals surface area contributed by atoms with Crippen LogP contribution >= 0.6 is 11.6 Å². The van der Waals surface area contributed by atoms with E-state index in [0.29, 0.717) is 5.41 Å². The largest absolute Gasteiger partial charge is 0.316 e. The van der Waals surface area contributed by atoms with Gasteiger partial charge < -0.3 is 5.32 Å². The van der Waals surface area contributed by atoms with Gasteiger partial charge in [-0.05, 0) is 61.4 Å². The van der Waals surface area contributed by atoms with Crippen LogP contribution in [0.2, 0.25) is 5.02 Å². The number of nitrogens with one attached hydrogen (secondary N) is 1. The Labute approximate surface area is 95.8 Å². The highest BCUT2D eigenvalue weighted by Gasteiger charge is 2.50. The number of hydrogen-bond acceptors (Lipinski definition) is 1. The average molecular weight is 222 g/mol. The first kappa shape index (κ1) is 9.68. The molecule has 2 heteroatoms. The molecular formula is C13H16ClN. The Balaban J connectivity index is 1.89. The van der Waals surface area contributed by atoms with Gasteiger partial charge in [0.05, 0.1) is 0 Å². The summed E-state index contributed by atoms with van der Waals surface area (Å²) in [7, 11) is 0. The van der Waals surface area contributed by atoms with E-state index in [9.17, 15) is 0 Å². The first-order valence-electron chi connectivity index (χ1n) is 5.78. The van der Waals surface area contributed by atoms with E-state index in [1.165, 1.54) is 37.9 Å². The van der Waals surface area contributed by atoms with Crippen LogP contribution in [-0.2, 0) is 5.41 Å². The van der Waals surface area contributed by atoms with Crippen LogP contribution in [0.1, 0.15) is 24.8 Å². The summed E-state index contributed by atoms with van der Waals surface area (Å²) in [6.45, 7) is 2.39. The van der Waals surface area contributed by atoms with Crippen molar-refractivity contribution in [1.82, 2.24) is 5.32 Å². The molecule has 1 heterocycles. The zero-order chi connectivity index (χ0) is 10.3. The Bertz CT molecular complexity index is 347. The van der Waals surface area contributed by atoms with Crippen LogP contribution in [0.15, 0.2) is 24.3 Å². The van der Waals surface area contributed by atoms with Crippen molar-refractivity contribution in [3.63, 3.8) is 0 Å². The summed E-state index contributed by atoms with van der Waals surface area (Å²) >= 11 is 5.93. The molecule has 1 atom stereocenters. The van der Waals surface area contributed by atoms with Crippen molar-refractivity contribution >= 4 is 11.6 Å². The van der Waals surface area contributed by atoms with Crippen LogP contribution in [0.5, 0.6) is 0 Å². The van der Waals surface area contributed by atoms with Gasteiger partial charge in [0.2, 0.25) is 0 Å². The molecule has 1 aliphatic heterocycles. The van der Waals surface area contributed by atoms with Crippen LogP contribution < -0.4 is 5.32 Å². The summed E-state index contributed by atoms with van der Waals surface area (Å²) in [5.41, 5.74) is 1.99. The summed E-state index contributed by atoms with van der Waals surface area (Å²) in [6.07, 6.45) is 4.06. The molecule has 0 aromatic heterocycles. The lowest BCUT2D eigenvalue weighted by atomic mass is 9.82. The predicted octanol–water partition coefficient (Wildman–Crippen LogP) is 2.98. The van der Waals surface area contributed by atoms with Crippen molar-refractivity contribution in [1.29, 1.82) is 0 Å². The van der Waals surface area contributed by atoms with Crippen LogP contribution in [0.3, 0.4) is 0 Å². The third kappa shape index (κ3) is 1.58. The second-order valence-corrected chi connectivity index (χ2v) is 5.29. The van der Waals surface area contributed by atoms with Gasteiger partial charge in [-0.2, -0.15) is 0 Å². The molecule has 0 amide bonds. The third-order valence-corrected chi connectivity index (χ3v) is 4.30. The van der Waals surface area contributed by atoms with Gasteiger partial charge in [-0.25, -0.2) is 0 Å². The molecular weight excluding hydrogens is 206 g/mol. The maximum Gasteiger partial charge on any atom is 0.0406 e. The minimum atomic E-state index is 0.494. The molecule has 1 nitrogen and oxygen atoms in total. The molecule has 0 radical (unpaired) electrons. The van der Waals surface area contributed by atoms with E-state index in [1.54, 1.807) is 0 Å². The van der Waals surface area contributed by atoms with Crippen LogP contribution in [0.25, 0.3) is 0 Å². The smallest absolute Gasteiger partial charge is 0.0406 e. The molecule has 0 spiro atoms. The third-order valence-electron chi connectivity index (χ3n) is 4.05. The highest BCUT2D eigenvalue weighted by Crippen LogP contribution is 2.55. The molecule has 1 saturated carbocycles. The van der Waals surface area contributed by atoms with E-state index in [-0.39, 0.29) is 0 Å². The summed E-state index contributed by atoms with van der Waals surface area (Å²) < 4.78 is 0. The molecule has 80 valence electrons. The fourth-order valence-electron chi connectivity index (χ4n) is 2.98. The lowest BCUT2D eigenvalue weighted by Crippen LogP contribution is -2.22. The molecule has 1 unspecified atom stereocenters. The van der Waals surface area contributed by atoms with E-state index in [2.05, 4.69) is 17.4 Å². The zero-order valence-corrected chi connectivity index (χ0v) is 9.56. The van der Waals surface area contributed by atoms with Crippen molar-refractivity contribution in [2.24, 2.45) is 5.92 Å². The van der Waals surface area contributed by atoms with E-state index in [4.69, 9.17) is 11.6 Å². The number of rotatable bonds is 2. The quantitative estimate of drug-likeness (QED) is 0.810. The van der Waals surface area contributed by atoms with Crippen LogP contribution in [0, 0.1) is 5.92 Å². The van der Waals surface area contributed by atoms with E-state index < -0.39 is 0 Å². The highest BCUT2D eigenvalue weighted by molar-refractivity contribution is 6.30. The van der Waals surface area contributed by atoms with Gasteiger partial charge in [0, 0.05) is 5.02 Å². The standard InChI is InChI=1S/C13H16ClN/c14-12-3-1-10(2-4-12)13(6-7-13)11-5-8-15-9-11/h1-4,11,15H,5-9H2. The van der Waals surface area contributed by atoms with E-state index in [1.807, 2.05) is 12.1 Å². The van der Waals surface area contributed by atoms with E-state index in [0.717, 1.165) is 10.9 Å². The van der Waals surface area contributed by atoms with Gasteiger partial charge in [-0.15, -0.1) is 0 Å². The normalized spacial score (nSPS) is 27.9. The second-order valence-electron chi connectivity index (χ2n) is 4.85. The summed E-state index contributed by atoms with van der Waals surface area (Å²) in [5, 5.41) is 4.32. The molecule has 3 rings (SSSR count). The molecule has 1 N–H and O–H groups in total. The number of hydrogen-bond donors (Lipinski definition) is 1. The minimum Gasteiger partial charge on any atom is -0.316 e. The number of halogens is 1. The maximum atomic E-state index is 5.93. The lowest BCUT2D eigenvalue weighted by molar-refractivity contribution is 0.440. The lowest BCUT2D eigenvalue weighted by Gasteiger charge is -2.22. The predicted molar refractivity (Wildman–Crippen MR) is 63.3 cm³/mol. The SMILES string of the molecule is Clc1ccc(C2(C3CCNC3)CC2)cc1. The molecule has 0 bridgehead atoms. The average Bonchev–Trinajstić information content (AvgIpc) is 2.88. The fourth-order valence-corrected chi connectivity index (χ4v) is 3.10. The molecule has 1 saturated heterocycles. The first-order valence-corrected chi connectivity index (χ1v) is 6.16. The van der Waals surface area contributed by atoms with Gasteiger partial charge in [0.1, 0.15) is 0 Å². The zero-order valence-electron chi connectivity index (χ0n) is 8.80. The molecule has 2 fully saturated rings. The van der Waals surface area contributed by atoms with Gasteiger partial charge in [-0.3, -0.25) is 0 Å². The van der Waals surface area contributed by atoms with Crippen molar-refractivity contribution in [3.05, 3.63) is 34.9 Å². The summed E-state index contributed by atoms with van der Waals surface area (Å²) in [4.78, 5) is 0. The Kier molecular flexibility index (Phi) is 2.26. The molecule has 1 aromatic carbocycles. The van der Waals surface area contributed by atoms with Crippen LogP contribution in [-0.4, -0.2) is 13.1 Å². The Hall–Kier alpha value is -0.530. The molecule has 1 aliphatic carbocycles. The Morgan fingerprint density at radius 1 is 1.20 bits per heavy atom. The fraction of sp³-hybridized carbons (Fsp3) is 0.538. The maximum absolute atomic E-state index is 5.93. The van der Waals surface area contributed by atoms with Crippen LogP contribution in [0.4, 0.5) is 0 Å². The van der Waals surface area contributed by atoms with E-state index >= 15 is 0 Å². The molecule has 2 aliphatic rings. The Morgan fingerprint density at radius 2 is 1.93 bits per heavy atom. The Morgan fingerprint density at radius 3 is 2.47 bits per heavy atom. The van der Waals surface area contributed by atoms with Gasteiger partial charge in [-0.1, -0.05) is 23.7 Å². The van der Waals surface area contributed by atoms with Crippen molar-refractivity contribution in [2.45, 2.75) is 24.7 Å². The van der Waals surface area contributed by atoms with Gasteiger partial charge in [0.25, 0.3) is 0 Å². The van der Waals surface area contributed by atoms with Crippen molar-refractivity contribution < 1.29 is 0 Å². The topological polar surface area (TPSA) is 12.0 Å². The molecule has 15 heavy (non-hydrogen) atoms. The van der Waals surface area contributed by atoms with Gasteiger partial charge in [0.15, 0.2) is 0 Å². The minimum absolute atomic E-state index is 0.494. The molecule has 1 aromatic rings. The van der Waals surface area contributed by atoms with Crippen molar-refractivity contribution in [3.8, 4) is 0 Å². The highest BCUT2D eigenvalue weighted by atomic mass is 35.5. The van der Waals surface area contributed by atoms with Crippen molar-refractivity contribution in [2.75, 3.05) is 13.1 Å². The summed E-state index contributed by atoms with van der Waals surface area (Å²) in [5.74, 6) is 0.846.